The van der Waals surface area contributed by atoms with Crippen LogP contribution in [0.15, 0.2) is 43.0 Å². The Morgan fingerprint density at radius 2 is 2.18 bits per heavy atom. The van der Waals surface area contributed by atoms with Crippen LogP contribution in [0, 0.1) is 0 Å². The molecular weight excluding hydrogens is 279 g/mol. The lowest BCUT2D eigenvalue weighted by atomic mass is 10.2. The minimum absolute atomic E-state index is 0.120. The quantitative estimate of drug-likeness (QED) is 0.731. The topological polar surface area (TPSA) is 40.3 Å². The zero-order chi connectivity index (χ0) is 11.8. The second-order valence-electron chi connectivity index (χ2n) is 3.40. The van der Waals surface area contributed by atoms with Crippen LogP contribution in [0.1, 0.15) is 0 Å². The molecule has 0 N–H and O–H groups in total. The molecule has 4 nitrogen and oxygen atoms in total. The van der Waals surface area contributed by atoms with Crippen molar-refractivity contribution in [3.05, 3.63) is 28.1 Å². The summed E-state index contributed by atoms with van der Waals surface area (Å²) in [7, 11) is 0. The zero-order valence-corrected chi connectivity index (χ0v) is 10.7. The number of hydrogen-bond donors (Lipinski definition) is 0. The minimum Gasteiger partial charge on any atom is -0.286 e. The number of halogens is 2. The smallest absolute Gasteiger partial charge is 0.225 e. The molecule has 7 heteroatoms. The molecule has 0 aromatic carbocycles. The second kappa shape index (κ2) is 4.25. The van der Waals surface area contributed by atoms with Gasteiger partial charge in [0.15, 0.2) is 0 Å². The number of hydrogen-bond acceptors (Lipinski definition) is 5. The molecule has 0 aliphatic carbocycles. The molecule has 1 unspecified atom stereocenters. The van der Waals surface area contributed by atoms with Crippen molar-refractivity contribution in [3.8, 4) is 0 Å². The number of nitrogens with zero attached hydrogens (tertiary/aromatic N) is 4. The average molecular weight is 285 g/mol. The van der Waals surface area contributed by atoms with Crippen LogP contribution in [-0.2, 0) is 0 Å². The van der Waals surface area contributed by atoms with Crippen molar-refractivity contribution in [1.29, 1.82) is 0 Å². The summed E-state index contributed by atoms with van der Waals surface area (Å²) in [6.45, 7) is 0. The van der Waals surface area contributed by atoms with Crippen LogP contribution in [0.5, 0.6) is 0 Å². The van der Waals surface area contributed by atoms with E-state index in [1.54, 1.807) is 23.8 Å². The third-order valence-electron chi connectivity index (χ3n) is 2.34. The molecule has 1 atom stereocenters. The third-order valence-corrected chi connectivity index (χ3v) is 3.39. The van der Waals surface area contributed by atoms with Crippen molar-refractivity contribution in [2.45, 2.75) is 6.04 Å². The van der Waals surface area contributed by atoms with Gasteiger partial charge in [0.2, 0.25) is 5.29 Å². The van der Waals surface area contributed by atoms with Crippen molar-refractivity contribution in [1.82, 2.24) is 0 Å². The van der Waals surface area contributed by atoms with Crippen LogP contribution in [0.3, 0.4) is 0 Å². The van der Waals surface area contributed by atoms with Gasteiger partial charge in [0.05, 0.1) is 12.0 Å². The van der Waals surface area contributed by atoms with E-state index >= 15 is 0 Å². The van der Waals surface area contributed by atoms with Crippen LogP contribution in [-0.4, -0.2) is 23.5 Å². The highest BCUT2D eigenvalue weighted by Gasteiger charge is 2.28. The lowest BCUT2D eigenvalue weighted by Gasteiger charge is -2.14. The summed E-state index contributed by atoms with van der Waals surface area (Å²) in [4.78, 5) is 14.3. The van der Waals surface area contributed by atoms with Gasteiger partial charge in [0.1, 0.15) is 17.0 Å². The molecule has 0 radical (unpaired) electrons. The number of rotatable bonds is 1. The summed E-state index contributed by atoms with van der Waals surface area (Å²) in [6.07, 6.45) is 3.44. The Labute approximate surface area is 112 Å². The van der Waals surface area contributed by atoms with E-state index in [0.717, 1.165) is 5.69 Å². The molecule has 17 heavy (non-hydrogen) atoms. The molecule has 3 heterocycles. The average Bonchev–Trinajstić information content (AvgIpc) is 2.86. The Morgan fingerprint density at radius 3 is 2.94 bits per heavy atom. The van der Waals surface area contributed by atoms with Crippen LogP contribution >= 0.6 is 34.5 Å². The van der Waals surface area contributed by atoms with Crippen molar-refractivity contribution >= 4 is 57.7 Å². The summed E-state index contributed by atoms with van der Waals surface area (Å²) in [5, 5.41) is 4.43. The first-order valence-corrected chi connectivity index (χ1v) is 6.49. The number of anilines is 1. The zero-order valence-electron chi connectivity index (χ0n) is 8.42. The number of amidine groups is 2. The summed E-state index contributed by atoms with van der Waals surface area (Å²) >= 11 is 13.4. The minimum atomic E-state index is -0.220. The summed E-state index contributed by atoms with van der Waals surface area (Å²) in [5.41, 5.74) is 1.01. The molecule has 2 aliphatic rings. The first-order chi connectivity index (χ1) is 8.24. The normalized spacial score (nSPS) is 22.8. The van der Waals surface area contributed by atoms with E-state index in [1.807, 2.05) is 21.7 Å². The van der Waals surface area contributed by atoms with E-state index < -0.39 is 0 Å². The van der Waals surface area contributed by atoms with Crippen LogP contribution in [0.25, 0.3) is 0 Å². The van der Waals surface area contributed by atoms with Gasteiger partial charge < -0.3 is 0 Å². The Balaban J connectivity index is 2.03. The number of aliphatic imine (C=N–C) groups is 3. The van der Waals surface area contributed by atoms with E-state index in [4.69, 9.17) is 23.2 Å². The maximum Gasteiger partial charge on any atom is 0.225 e. The van der Waals surface area contributed by atoms with E-state index in [2.05, 4.69) is 15.0 Å². The molecule has 3 rings (SSSR count). The van der Waals surface area contributed by atoms with Crippen molar-refractivity contribution < 1.29 is 0 Å². The molecule has 0 saturated carbocycles. The lowest BCUT2D eigenvalue weighted by molar-refractivity contribution is 1.10. The maximum absolute atomic E-state index is 5.88. The fourth-order valence-corrected chi connectivity index (χ4v) is 2.66. The third kappa shape index (κ3) is 2.01. The summed E-state index contributed by atoms with van der Waals surface area (Å²) in [5.74, 6) is 0.716. The van der Waals surface area contributed by atoms with Gasteiger partial charge in [-0.3, -0.25) is 9.89 Å². The molecule has 0 spiro atoms. The number of fused-ring (bicyclic) bond motifs is 1. The Kier molecular flexibility index (Phi) is 2.74. The Bertz CT molecular complexity index is 559. The molecule has 0 bridgehead atoms. The molecule has 1 aromatic rings. The predicted octanol–water partition coefficient (Wildman–Crippen LogP) is 3.05. The van der Waals surface area contributed by atoms with Gasteiger partial charge in [0.25, 0.3) is 0 Å². The van der Waals surface area contributed by atoms with E-state index in [-0.39, 0.29) is 11.3 Å². The van der Waals surface area contributed by atoms with Gasteiger partial charge >= 0.3 is 0 Å². The second-order valence-corrected chi connectivity index (χ2v) is 4.91. The largest absolute Gasteiger partial charge is 0.286 e. The van der Waals surface area contributed by atoms with Gasteiger partial charge in [0, 0.05) is 5.38 Å². The van der Waals surface area contributed by atoms with Gasteiger partial charge in [-0.2, -0.15) is 11.3 Å². The fraction of sp³-hybridized carbons (Fsp3) is 0.100. The standard InChI is InChI=1S/C10H6Cl2N4S/c11-8-3-7-9(15-10(12)14-8)16(5-13-7)6-1-2-17-4-6/h1-5,7H. The van der Waals surface area contributed by atoms with Gasteiger partial charge in [-0.05, 0) is 29.1 Å². The molecular formula is C10H6Cl2N4S. The molecule has 0 saturated heterocycles. The first kappa shape index (κ1) is 11.0. The summed E-state index contributed by atoms with van der Waals surface area (Å²) < 4.78 is 0. The molecule has 1 aromatic heterocycles. The van der Waals surface area contributed by atoms with Crippen LogP contribution < -0.4 is 4.90 Å². The Hall–Kier alpha value is -1.17. The van der Waals surface area contributed by atoms with Gasteiger partial charge in [-0.25, -0.2) is 9.98 Å². The monoisotopic (exact) mass is 284 g/mol. The molecule has 2 aliphatic heterocycles. The molecule has 0 fully saturated rings. The highest BCUT2D eigenvalue weighted by Crippen LogP contribution is 2.25. The summed E-state index contributed by atoms with van der Waals surface area (Å²) in [6, 6.07) is 1.77. The van der Waals surface area contributed by atoms with Crippen molar-refractivity contribution in [2.24, 2.45) is 15.0 Å². The van der Waals surface area contributed by atoms with Gasteiger partial charge in [-0.1, -0.05) is 11.6 Å². The Morgan fingerprint density at radius 1 is 1.29 bits per heavy atom. The predicted molar refractivity (Wildman–Crippen MR) is 73.7 cm³/mol. The lowest BCUT2D eigenvalue weighted by Crippen LogP contribution is -2.30. The number of thiophene rings is 1. The highest BCUT2D eigenvalue weighted by atomic mass is 35.5. The first-order valence-electron chi connectivity index (χ1n) is 4.79. The van der Waals surface area contributed by atoms with Crippen LogP contribution in [0.2, 0.25) is 0 Å². The molecule has 0 amide bonds. The highest BCUT2D eigenvalue weighted by molar-refractivity contribution is 7.08. The van der Waals surface area contributed by atoms with E-state index in [0.29, 0.717) is 11.0 Å². The SMILES string of the molecule is ClC1=CC2N=CN(c3ccsc3)C2=NC(Cl)=N1. The maximum atomic E-state index is 5.88. The van der Waals surface area contributed by atoms with Crippen LogP contribution in [0.4, 0.5) is 5.69 Å². The molecule has 86 valence electrons. The van der Waals surface area contributed by atoms with Gasteiger partial charge in [-0.15, -0.1) is 0 Å². The van der Waals surface area contributed by atoms with Crippen molar-refractivity contribution in [3.63, 3.8) is 0 Å². The fourth-order valence-electron chi connectivity index (χ4n) is 1.61. The van der Waals surface area contributed by atoms with Crippen molar-refractivity contribution in [2.75, 3.05) is 4.90 Å². The van der Waals surface area contributed by atoms with E-state index in [1.165, 1.54) is 0 Å². The van der Waals surface area contributed by atoms with E-state index in [9.17, 15) is 0 Å².